The summed E-state index contributed by atoms with van der Waals surface area (Å²) in [6.07, 6.45) is 20.2. The molecule has 2 aromatic rings. The second-order valence-corrected chi connectivity index (χ2v) is 8.02. The zero-order valence-electron chi connectivity index (χ0n) is 17.5. The summed E-state index contributed by atoms with van der Waals surface area (Å²) in [6.45, 7) is 1.10. The lowest BCUT2D eigenvalue weighted by Gasteiger charge is -2.12. The number of aryl methyl sites for hydroxylation is 2. The van der Waals surface area contributed by atoms with Gasteiger partial charge < -0.3 is 4.57 Å². The fraction of sp³-hybridized carbons (Fsp3) is 0.542. The van der Waals surface area contributed by atoms with E-state index in [4.69, 9.17) is 0 Å². The van der Waals surface area contributed by atoms with Crippen molar-refractivity contribution in [2.24, 2.45) is 5.10 Å². The number of nitrogens with one attached hydrogen (secondary N) is 1. The Balaban J connectivity index is 1.17. The number of carbonyl (C=O) groups excluding carboxylic acids is 1. The van der Waals surface area contributed by atoms with Crippen molar-refractivity contribution in [3.05, 3.63) is 54.1 Å². The highest BCUT2D eigenvalue weighted by Gasteiger charge is 2.12. The molecule has 5 heteroatoms. The van der Waals surface area contributed by atoms with Gasteiger partial charge >= 0.3 is 0 Å². The number of imidazole rings is 1. The number of nitrogens with zero attached hydrogens (tertiary/aromatic N) is 3. The lowest BCUT2D eigenvalue weighted by molar-refractivity contribution is -0.121. The van der Waals surface area contributed by atoms with Gasteiger partial charge in [-0.25, -0.2) is 10.4 Å². The molecule has 0 spiro atoms. The number of hydrogen-bond acceptors (Lipinski definition) is 3. The van der Waals surface area contributed by atoms with E-state index in [1.165, 1.54) is 63.4 Å². The third kappa shape index (κ3) is 7.84. The number of benzene rings is 1. The van der Waals surface area contributed by atoms with Gasteiger partial charge in [-0.3, -0.25) is 4.79 Å². The molecule has 1 aliphatic heterocycles. The van der Waals surface area contributed by atoms with Gasteiger partial charge in [-0.2, -0.15) is 5.10 Å². The molecule has 0 atom stereocenters. The molecule has 0 saturated carbocycles. The first-order chi connectivity index (χ1) is 14.3. The van der Waals surface area contributed by atoms with Crippen LogP contribution in [0.2, 0.25) is 0 Å². The lowest BCUT2D eigenvalue weighted by atomic mass is 10.00. The van der Waals surface area contributed by atoms with Gasteiger partial charge in [0.25, 0.3) is 0 Å². The van der Waals surface area contributed by atoms with Crippen LogP contribution < -0.4 is 5.43 Å². The molecule has 0 saturated heterocycles. The first kappa shape index (κ1) is 21.3. The highest BCUT2D eigenvalue weighted by molar-refractivity contribution is 6.04. The van der Waals surface area contributed by atoms with Crippen LogP contribution in [0.3, 0.4) is 0 Å². The number of hydrogen-bond donors (Lipinski definition) is 1. The summed E-state index contributed by atoms with van der Waals surface area (Å²) in [5, 5.41) is 4.16. The number of unbranched alkanes of at least 4 members (excludes halogenated alkanes) is 8. The number of carbonyl (C=O) groups is 1. The average molecular weight is 395 g/mol. The van der Waals surface area contributed by atoms with Gasteiger partial charge in [0.1, 0.15) is 0 Å². The van der Waals surface area contributed by atoms with Crippen LogP contribution in [0.1, 0.15) is 81.8 Å². The van der Waals surface area contributed by atoms with Crippen LogP contribution in [0.15, 0.2) is 48.1 Å². The zero-order chi connectivity index (χ0) is 20.2. The number of hydrazone groups is 1. The van der Waals surface area contributed by atoms with Crippen LogP contribution in [0.5, 0.6) is 0 Å². The quantitative estimate of drug-likeness (QED) is 0.472. The van der Waals surface area contributed by atoms with Crippen molar-refractivity contribution >= 4 is 11.6 Å². The fourth-order valence-electron chi connectivity index (χ4n) is 3.83. The van der Waals surface area contributed by atoms with Crippen LogP contribution in [0.25, 0.3) is 0 Å². The topological polar surface area (TPSA) is 59.3 Å². The van der Waals surface area contributed by atoms with Crippen LogP contribution in [-0.4, -0.2) is 21.2 Å². The summed E-state index contributed by atoms with van der Waals surface area (Å²) in [4.78, 5) is 15.3. The Morgan fingerprint density at radius 2 is 1.55 bits per heavy atom. The minimum absolute atomic E-state index is 0.0102. The summed E-state index contributed by atoms with van der Waals surface area (Å²) in [5.74, 6) is 0.0102. The van der Waals surface area contributed by atoms with E-state index < -0.39 is 0 Å². The third-order valence-electron chi connectivity index (χ3n) is 5.63. The van der Waals surface area contributed by atoms with E-state index in [9.17, 15) is 4.79 Å². The van der Waals surface area contributed by atoms with Gasteiger partial charge in [0.2, 0.25) is 5.91 Å². The predicted molar refractivity (Wildman–Crippen MR) is 118 cm³/mol. The molecule has 3 rings (SSSR count). The second kappa shape index (κ2) is 12.2. The van der Waals surface area contributed by atoms with E-state index in [2.05, 4.69) is 44.3 Å². The molecule has 2 heterocycles. The highest BCUT2D eigenvalue weighted by Crippen LogP contribution is 2.15. The molecule has 0 radical (unpaired) electrons. The van der Waals surface area contributed by atoms with Gasteiger partial charge in [-0.05, 0) is 30.4 Å². The SMILES string of the molecule is O=C1CCC(c2ccc(CCCCCCCCCCCn3ccnc3)cc2)=NN1. The third-order valence-corrected chi connectivity index (χ3v) is 5.63. The van der Waals surface area contributed by atoms with Gasteiger partial charge in [0.05, 0.1) is 12.0 Å². The summed E-state index contributed by atoms with van der Waals surface area (Å²) >= 11 is 0. The first-order valence-electron chi connectivity index (χ1n) is 11.2. The van der Waals surface area contributed by atoms with Crippen LogP contribution in [0, 0.1) is 0 Å². The Bertz CT molecular complexity index is 750. The molecular weight excluding hydrogens is 360 g/mol. The standard InChI is InChI=1S/C24H34N4O/c29-24-16-15-23(26-27-24)22-13-11-21(12-14-22)10-8-6-4-2-1-3-5-7-9-18-28-19-17-25-20-28/h11-14,17,19-20H,1-10,15-16,18H2,(H,27,29). The highest BCUT2D eigenvalue weighted by atomic mass is 16.2. The molecule has 1 aromatic heterocycles. The Labute approximate surface area is 174 Å². The molecule has 156 valence electrons. The van der Waals surface area contributed by atoms with E-state index >= 15 is 0 Å². The minimum atomic E-state index is 0.0102. The number of rotatable bonds is 13. The van der Waals surface area contributed by atoms with Crippen molar-refractivity contribution in [3.63, 3.8) is 0 Å². The average Bonchev–Trinajstić information content (AvgIpc) is 3.27. The molecule has 1 aromatic carbocycles. The Kier molecular flexibility index (Phi) is 8.95. The van der Waals surface area contributed by atoms with Crippen LogP contribution >= 0.6 is 0 Å². The van der Waals surface area contributed by atoms with E-state index in [1.54, 1.807) is 0 Å². The maximum Gasteiger partial charge on any atom is 0.240 e. The molecule has 29 heavy (non-hydrogen) atoms. The number of amides is 1. The smallest absolute Gasteiger partial charge is 0.240 e. The van der Waals surface area contributed by atoms with Crippen LogP contribution in [0.4, 0.5) is 0 Å². The minimum Gasteiger partial charge on any atom is -0.337 e. The van der Waals surface area contributed by atoms with E-state index in [0.717, 1.165) is 30.7 Å². The summed E-state index contributed by atoms with van der Waals surface area (Å²) in [6, 6.07) is 8.69. The van der Waals surface area contributed by atoms with Crippen molar-refractivity contribution in [2.45, 2.75) is 83.6 Å². The zero-order valence-corrected chi connectivity index (χ0v) is 17.5. The van der Waals surface area contributed by atoms with Crippen molar-refractivity contribution in [1.82, 2.24) is 15.0 Å². The van der Waals surface area contributed by atoms with E-state index in [0.29, 0.717) is 6.42 Å². The van der Waals surface area contributed by atoms with Gasteiger partial charge in [0, 0.05) is 31.8 Å². The molecule has 0 unspecified atom stereocenters. The molecule has 5 nitrogen and oxygen atoms in total. The molecule has 0 fully saturated rings. The van der Waals surface area contributed by atoms with Crippen molar-refractivity contribution in [2.75, 3.05) is 0 Å². The molecule has 0 bridgehead atoms. The molecule has 0 aliphatic carbocycles. The van der Waals surface area contributed by atoms with Crippen molar-refractivity contribution in [1.29, 1.82) is 0 Å². The van der Waals surface area contributed by atoms with E-state index in [-0.39, 0.29) is 5.91 Å². The van der Waals surface area contributed by atoms with E-state index in [1.807, 2.05) is 18.7 Å². The monoisotopic (exact) mass is 394 g/mol. The molecule has 1 amide bonds. The van der Waals surface area contributed by atoms with Crippen molar-refractivity contribution in [3.8, 4) is 0 Å². The lowest BCUT2D eigenvalue weighted by Crippen LogP contribution is -2.25. The molecular formula is C24H34N4O. The van der Waals surface area contributed by atoms with Gasteiger partial charge in [-0.15, -0.1) is 0 Å². The predicted octanol–water partition coefficient (Wildman–Crippen LogP) is 5.25. The molecule has 1 aliphatic rings. The van der Waals surface area contributed by atoms with Gasteiger partial charge in [-0.1, -0.05) is 69.2 Å². The fourth-order valence-corrected chi connectivity index (χ4v) is 3.83. The summed E-state index contributed by atoms with van der Waals surface area (Å²) < 4.78 is 2.16. The summed E-state index contributed by atoms with van der Waals surface area (Å²) in [7, 11) is 0. The maximum atomic E-state index is 11.2. The first-order valence-corrected chi connectivity index (χ1v) is 11.2. The van der Waals surface area contributed by atoms with Crippen molar-refractivity contribution < 1.29 is 4.79 Å². The largest absolute Gasteiger partial charge is 0.337 e. The Morgan fingerprint density at radius 1 is 0.862 bits per heavy atom. The van der Waals surface area contributed by atoms with Crippen LogP contribution in [-0.2, 0) is 17.8 Å². The normalized spacial score (nSPS) is 13.9. The maximum absolute atomic E-state index is 11.2. The number of aromatic nitrogens is 2. The second-order valence-electron chi connectivity index (χ2n) is 8.02. The summed E-state index contributed by atoms with van der Waals surface area (Å²) in [5.41, 5.74) is 6.07. The molecule has 1 N–H and O–H groups in total. The Hall–Kier alpha value is -2.43. The van der Waals surface area contributed by atoms with Gasteiger partial charge in [0.15, 0.2) is 0 Å². The Morgan fingerprint density at radius 3 is 2.17 bits per heavy atom.